The Labute approximate surface area is 268 Å². The van der Waals surface area contributed by atoms with Gasteiger partial charge in [0.25, 0.3) is 0 Å². The molecule has 4 aliphatic carbocycles. The van der Waals surface area contributed by atoms with Crippen molar-refractivity contribution in [2.75, 3.05) is 40.9 Å². The molecule has 0 spiro atoms. The summed E-state index contributed by atoms with van der Waals surface area (Å²) in [7, 11) is 1.75. The maximum absolute atomic E-state index is 12.6. The zero-order valence-electron chi connectivity index (χ0n) is 29.1. The average molecular weight is 642 g/mol. The van der Waals surface area contributed by atoms with Gasteiger partial charge in [0.05, 0.1) is 34.2 Å². The van der Waals surface area contributed by atoms with Crippen LogP contribution in [0.1, 0.15) is 112 Å². The smallest absolute Gasteiger partial charge is 0.472 e. The lowest BCUT2D eigenvalue weighted by Crippen LogP contribution is -2.51. The standard InChI is InChI=1S/C35H62NO6P.H2O/c1-25(2)10-9-11-26(3)30-14-15-31-29-13-12-27-24-28(16-19-34(27,4)32(29)17-20-35(30,31)5)42-33(37)18-22-40-43(38,39)41-23-21-36(6,7)8;/h12,25-26,28-32H,9-11,13-24H2,1-8H3;1H2/t26-,28?,29+,30-,31+,32+,34+,35-;/m1./s1. The zero-order chi connectivity index (χ0) is 31.6. The summed E-state index contributed by atoms with van der Waals surface area (Å²) in [5.41, 5.74) is 2.20. The van der Waals surface area contributed by atoms with Crippen molar-refractivity contribution in [2.24, 2.45) is 46.3 Å². The highest BCUT2D eigenvalue weighted by Crippen LogP contribution is 2.67. The summed E-state index contributed by atoms with van der Waals surface area (Å²) in [6.45, 7) is 12.9. The van der Waals surface area contributed by atoms with Crippen LogP contribution >= 0.6 is 7.82 Å². The van der Waals surface area contributed by atoms with Gasteiger partial charge in [0.1, 0.15) is 19.3 Å². The van der Waals surface area contributed by atoms with Gasteiger partial charge in [-0.15, -0.1) is 0 Å². The first-order valence-electron chi connectivity index (χ1n) is 17.4. The van der Waals surface area contributed by atoms with Crippen LogP contribution in [-0.2, 0) is 23.1 Å². The number of hydrogen-bond donors (Lipinski definition) is 1. The Bertz CT molecular complexity index is 1040. The van der Waals surface area contributed by atoms with Crippen molar-refractivity contribution in [3.05, 3.63) is 11.6 Å². The van der Waals surface area contributed by atoms with Gasteiger partial charge in [-0.2, -0.15) is 0 Å². The van der Waals surface area contributed by atoms with Gasteiger partial charge in [-0.25, -0.2) is 4.57 Å². The fourth-order valence-electron chi connectivity index (χ4n) is 9.71. The number of likely N-dealkylation sites (N-methyl/N-ethyl adjacent to an activating group) is 1. The fraction of sp³-hybridized carbons (Fsp3) is 0.914. The molecule has 44 heavy (non-hydrogen) atoms. The van der Waals surface area contributed by atoms with Gasteiger partial charge in [-0.3, -0.25) is 13.8 Å². The molecule has 0 saturated heterocycles. The lowest BCUT2D eigenvalue weighted by molar-refractivity contribution is -0.870. The quantitative estimate of drug-likeness (QED) is 0.0885. The van der Waals surface area contributed by atoms with Crippen LogP contribution in [0.3, 0.4) is 0 Å². The van der Waals surface area contributed by atoms with Gasteiger partial charge in [-0.1, -0.05) is 65.5 Å². The summed E-state index contributed by atoms with van der Waals surface area (Å²) in [5.74, 6) is 4.50. The van der Waals surface area contributed by atoms with E-state index in [0.717, 1.165) is 54.8 Å². The number of hydrogen-bond acceptors (Lipinski definition) is 6. The number of carbonyl (C=O) groups excluding carboxylic acids is 1. The highest BCUT2D eigenvalue weighted by molar-refractivity contribution is 7.47. The van der Waals surface area contributed by atoms with E-state index < -0.39 is 7.82 Å². The van der Waals surface area contributed by atoms with Crippen LogP contribution in [-0.4, -0.2) is 67.8 Å². The van der Waals surface area contributed by atoms with Crippen LogP contribution in [0.4, 0.5) is 0 Å². The minimum Gasteiger partial charge on any atom is -0.870 e. The molecular weight excluding hydrogens is 577 g/mol. The normalized spacial score (nSPS) is 35.4. The lowest BCUT2D eigenvalue weighted by atomic mass is 9.47. The molecule has 3 saturated carbocycles. The summed E-state index contributed by atoms with van der Waals surface area (Å²) >= 11 is 0. The minimum atomic E-state index is -4.18. The summed E-state index contributed by atoms with van der Waals surface area (Å²) in [6, 6.07) is 0. The zero-order valence-corrected chi connectivity index (χ0v) is 29.9. The van der Waals surface area contributed by atoms with Gasteiger partial charge >= 0.3 is 13.8 Å². The number of carbonyl (C=O) groups is 1. The average Bonchev–Trinajstić information content (AvgIpc) is 3.25. The Morgan fingerprint density at radius 2 is 1.73 bits per heavy atom. The third-order valence-corrected chi connectivity index (χ3v) is 13.2. The van der Waals surface area contributed by atoms with E-state index in [1.54, 1.807) is 0 Å². The van der Waals surface area contributed by atoms with E-state index in [2.05, 4.69) is 40.7 Å². The van der Waals surface area contributed by atoms with Gasteiger partial charge in [0.15, 0.2) is 0 Å². The van der Waals surface area contributed by atoms with E-state index in [4.69, 9.17) is 13.8 Å². The second-order valence-corrected chi connectivity index (χ2v) is 18.0. The number of phosphoric acid groups is 1. The predicted octanol–water partition coefficient (Wildman–Crippen LogP) is 7.99. The first kappa shape index (κ1) is 37.7. The molecule has 0 radical (unpaired) electrons. The van der Waals surface area contributed by atoms with Crippen molar-refractivity contribution in [1.82, 2.24) is 0 Å². The van der Waals surface area contributed by atoms with Crippen LogP contribution in [0, 0.1) is 46.3 Å². The molecule has 0 aliphatic heterocycles. The Morgan fingerprint density at radius 1 is 1.02 bits per heavy atom. The van der Waals surface area contributed by atoms with Crippen LogP contribution < -0.4 is 0 Å². The van der Waals surface area contributed by atoms with Crippen LogP contribution in [0.25, 0.3) is 0 Å². The predicted molar refractivity (Wildman–Crippen MR) is 174 cm³/mol. The number of quaternary nitrogens is 1. The van der Waals surface area contributed by atoms with E-state index >= 15 is 0 Å². The molecular formula is C35H64NO7P. The number of rotatable bonds is 14. The maximum atomic E-state index is 12.6. The molecule has 2 unspecified atom stereocenters. The van der Waals surface area contributed by atoms with Gasteiger partial charge in [0, 0.05) is 6.42 Å². The number of ether oxygens (including phenoxy) is 1. The molecule has 3 fully saturated rings. The Hall–Kier alpha value is -0.760. The molecule has 0 aromatic rings. The molecule has 0 amide bonds. The first-order chi connectivity index (χ1) is 20.0. The minimum absolute atomic E-state index is 0. The maximum Gasteiger partial charge on any atom is 0.472 e. The van der Waals surface area contributed by atoms with Crippen molar-refractivity contribution in [3.8, 4) is 0 Å². The second kappa shape index (κ2) is 15.0. The molecule has 256 valence electrons. The summed E-state index contributed by atoms with van der Waals surface area (Å²) in [6.07, 6.45) is 15.9. The number of phosphoric ester groups is 1. The lowest BCUT2D eigenvalue weighted by Gasteiger charge is -2.58. The van der Waals surface area contributed by atoms with Crippen molar-refractivity contribution >= 4 is 13.8 Å². The Kier molecular flexibility index (Phi) is 12.8. The van der Waals surface area contributed by atoms with Crippen molar-refractivity contribution in [1.29, 1.82) is 0 Å². The highest BCUT2D eigenvalue weighted by atomic mass is 31.2. The third-order valence-electron chi connectivity index (χ3n) is 12.1. The van der Waals surface area contributed by atoms with Gasteiger partial charge < -0.3 is 19.6 Å². The fourth-order valence-corrected chi connectivity index (χ4v) is 10.4. The first-order valence-corrected chi connectivity index (χ1v) is 18.8. The largest absolute Gasteiger partial charge is 0.870 e. The molecule has 0 aromatic heterocycles. The number of esters is 1. The summed E-state index contributed by atoms with van der Waals surface area (Å²) in [5, 5.41) is 0. The van der Waals surface area contributed by atoms with Crippen molar-refractivity contribution in [3.63, 3.8) is 0 Å². The molecule has 2 N–H and O–H groups in total. The van der Waals surface area contributed by atoms with Crippen LogP contribution in [0.2, 0.25) is 0 Å². The van der Waals surface area contributed by atoms with Crippen LogP contribution in [0.5, 0.6) is 0 Å². The SMILES string of the molecule is CC(C)CCC[C@@H](C)[C@H]1CC[C@H]2[C@@H]3CC=C4CC(OC(=O)CCOP(=O)(O)OCC[N+](C)(C)C)CC[C@]4(C)[C@H]3CC[C@]12C.[OH-]. The Balaban J connectivity index is 0.00000529. The van der Waals surface area contributed by atoms with E-state index in [1.165, 1.54) is 56.9 Å². The number of fused-ring (bicyclic) bond motifs is 5. The molecule has 0 heterocycles. The highest BCUT2D eigenvalue weighted by Gasteiger charge is 2.59. The molecule has 4 aliphatic rings. The van der Waals surface area contributed by atoms with Gasteiger partial charge in [0.2, 0.25) is 0 Å². The van der Waals surface area contributed by atoms with E-state index in [-0.39, 0.29) is 42.6 Å². The molecule has 9 heteroatoms. The number of nitrogens with zero attached hydrogens (tertiary/aromatic N) is 1. The van der Waals surface area contributed by atoms with Gasteiger partial charge in [-0.05, 0) is 91.3 Å². The molecule has 0 aromatic carbocycles. The summed E-state index contributed by atoms with van der Waals surface area (Å²) in [4.78, 5) is 22.5. The van der Waals surface area contributed by atoms with Crippen molar-refractivity contribution < 1.29 is 38.0 Å². The third kappa shape index (κ3) is 8.98. The molecule has 9 atom stereocenters. The van der Waals surface area contributed by atoms with Crippen molar-refractivity contribution in [2.45, 2.75) is 118 Å². The topological polar surface area (TPSA) is 112 Å². The second-order valence-electron chi connectivity index (χ2n) is 16.5. The Morgan fingerprint density at radius 3 is 2.41 bits per heavy atom. The summed E-state index contributed by atoms with van der Waals surface area (Å²) < 4.78 is 28.7. The monoisotopic (exact) mass is 641 g/mol. The van der Waals surface area contributed by atoms with E-state index in [0.29, 0.717) is 16.4 Å². The molecule has 8 nitrogen and oxygen atoms in total. The number of allylic oxidation sites excluding steroid dienone is 1. The van der Waals surface area contributed by atoms with E-state index in [9.17, 15) is 14.3 Å². The molecule has 4 rings (SSSR count). The van der Waals surface area contributed by atoms with Crippen LogP contribution in [0.15, 0.2) is 11.6 Å². The molecule has 0 bridgehead atoms. The van der Waals surface area contributed by atoms with E-state index in [1.807, 2.05) is 21.1 Å².